The van der Waals surface area contributed by atoms with Crippen LogP contribution in [0.15, 0.2) is 90.0 Å². The van der Waals surface area contributed by atoms with E-state index in [-0.39, 0.29) is 10.8 Å². The molecule has 1 aromatic heterocycles. The van der Waals surface area contributed by atoms with Gasteiger partial charge in [-0.1, -0.05) is 47.5 Å². The zero-order valence-corrected chi connectivity index (χ0v) is 19.5. The Morgan fingerprint density at radius 2 is 1.58 bits per heavy atom. The molecule has 0 spiro atoms. The molecule has 0 atom stereocenters. The minimum atomic E-state index is -3.43. The number of anilines is 1. The summed E-state index contributed by atoms with van der Waals surface area (Å²) in [7, 11) is -3.43. The maximum absolute atomic E-state index is 13.3. The van der Waals surface area contributed by atoms with Gasteiger partial charge in [0.15, 0.2) is 9.84 Å². The lowest BCUT2D eigenvalue weighted by Gasteiger charge is -2.14. The molecule has 4 aromatic rings. The highest BCUT2D eigenvalue weighted by Gasteiger charge is 2.18. The number of aryl methyl sites for hydroxylation is 2. The predicted molar refractivity (Wildman–Crippen MR) is 132 cm³/mol. The molecule has 5 nitrogen and oxygen atoms in total. The highest BCUT2D eigenvalue weighted by Crippen LogP contribution is 2.30. The van der Waals surface area contributed by atoms with Crippen molar-refractivity contribution in [3.8, 4) is 22.4 Å². The summed E-state index contributed by atoms with van der Waals surface area (Å²) < 4.78 is 24.4. The van der Waals surface area contributed by atoms with E-state index >= 15 is 0 Å². The van der Waals surface area contributed by atoms with E-state index in [1.807, 2.05) is 74.5 Å². The first-order valence-electron chi connectivity index (χ1n) is 10.5. The summed E-state index contributed by atoms with van der Waals surface area (Å²) in [5.74, 6) is -0.317. The van der Waals surface area contributed by atoms with Gasteiger partial charge in [0, 0.05) is 29.3 Å². The van der Waals surface area contributed by atoms with Gasteiger partial charge in [-0.15, -0.1) is 0 Å². The number of benzene rings is 3. The molecule has 0 radical (unpaired) electrons. The molecule has 0 aliphatic heterocycles. The third-order valence-corrected chi connectivity index (χ3v) is 6.39. The Morgan fingerprint density at radius 1 is 0.818 bits per heavy atom. The molecular weight excluding hydrogens is 432 g/mol. The number of nitrogens with one attached hydrogen (secondary N) is 1. The first kappa shape index (κ1) is 22.4. The van der Waals surface area contributed by atoms with E-state index in [9.17, 15) is 13.2 Å². The van der Waals surface area contributed by atoms with Crippen molar-refractivity contribution >= 4 is 21.4 Å². The smallest absolute Gasteiger partial charge is 0.256 e. The highest BCUT2D eigenvalue weighted by molar-refractivity contribution is 7.90. The van der Waals surface area contributed by atoms with Gasteiger partial charge < -0.3 is 5.32 Å². The Labute approximate surface area is 194 Å². The summed E-state index contributed by atoms with van der Waals surface area (Å²) in [6.07, 6.45) is 2.89. The summed E-state index contributed by atoms with van der Waals surface area (Å²) in [5, 5.41) is 2.95. The second-order valence-corrected chi connectivity index (χ2v) is 10.1. The van der Waals surface area contributed by atoms with Crippen LogP contribution in [0.3, 0.4) is 0 Å². The van der Waals surface area contributed by atoms with Crippen LogP contribution in [0, 0.1) is 13.8 Å². The third kappa shape index (κ3) is 5.18. The van der Waals surface area contributed by atoms with Crippen molar-refractivity contribution in [3.63, 3.8) is 0 Å². The number of carbonyl (C=O) groups excluding carboxylic acids is 1. The number of amides is 1. The predicted octanol–water partition coefficient (Wildman–Crippen LogP) is 5.69. The van der Waals surface area contributed by atoms with E-state index in [2.05, 4.69) is 10.3 Å². The number of hydrogen-bond donors (Lipinski definition) is 1. The lowest BCUT2D eigenvalue weighted by atomic mass is 9.96. The Morgan fingerprint density at radius 3 is 2.24 bits per heavy atom. The second kappa shape index (κ2) is 9.00. The number of rotatable bonds is 5. The van der Waals surface area contributed by atoms with Gasteiger partial charge in [-0.2, -0.15) is 0 Å². The molecule has 4 rings (SSSR count). The molecule has 3 aromatic carbocycles. The van der Waals surface area contributed by atoms with Crippen molar-refractivity contribution in [2.75, 3.05) is 11.6 Å². The van der Waals surface area contributed by atoms with Gasteiger partial charge in [-0.05, 0) is 67.4 Å². The zero-order chi connectivity index (χ0) is 23.6. The van der Waals surface area contributed by atoms with Gasteiger partial charge in [0.1, 0.15) is 0 Å². The van der Waals surface area contributed by atoms with Crippen molar-refractivity contribution in [2.45, 2.75) is 18.7 Å². The normalized spacial score (nSPS) is 11.2. The van der Waals surface area contributed by atoms with Gasteiger partial charge in [-0.25, -0.2) is 8.42 Å². The lowest BCUT2D eigenvalue weighted by molar-refractivity contribution is 0.102. The fourth-order valence-electron chi connectivity index (χ4n) is 3.81. The number of hydrogen-bond acceptors (Lipinski definition) is 4. The van der Waals surface area contributed by atoms with E-state index < -0.39 is 9.84 Å². The van der Waals surface area contributed by atoms with Crippen LogP contribution in [0.25, 0.3) is 22.4 Å². The maximum Gasteiger partial charge on any atom is 0.256 e. The Bertz CT molecular complexity index is 1430. The topological polar surface area (TPSA) is 76.1 Å². The molecule has 0 unspecified atom stereocenters. The van der Waals surface area contributed by atoms with E-state index in [0.29, 0.717) is 16.8 Å². The van der Waals surface area contributed by atoms with Crippen LogP contribution in [0.4, 0.5) is 5.69 Å². The van der Waals surface area contributed by atoms with Crippen molar-refractivity contribution in [3.05, 3.63) is 102 Å². The average molecular weight is 457 g/mol. The number of carbonyl (C=O) groups is 1. The van der Waals surface area contributed by atoms with Crippen molar-refractivity contribution in [1.29, 1.82) is 0 Å². The summed E-state index contributed by atoms with van der Waals surface area (Å²) in [5.41, 5.74) is 6.15. The van der Waals surface area contributed by atoms with E-state index in [1.165, 1.54) is 6.07 Å². The molecule has 0 fully saturated rings. The number of aromatic nitrogens is 1. The molecule has 6 heteroatoms. The van der Waals surface area contributed by atoms with Crippen LogP contribution in [0.2, 0.25) is 0 Å². The van der Waals surface area contributed by atoms with Crippen LogP contribution in [-0.4, -0.2) is 25.6 Å². The molecule has 0 saturated carbocycles. The molecular formula is C27H24N2O3S. The highest BCUT2D eigenvalue weighted by atomic mass is 32.2. The molecule has 0 bridgehead atoms. The number of pyridine rings is 1. The molecule has 1 amide bonds. The van der Waals surface area contributed by atoms with Crippen LogP contribution < -0.4 is 5.32 Å². The van der Waals surface area contributed by atoms with Gasteiger partial charge in [0.05, 0.1) is 10.6 Å². The van der Waals surface area contributed by atoms with E-state index in [0.717, 1.165) is 34.2 Å². The molecule has 33 heavy (non-hydrogen) atoms. The number of sulfone groups is 1. The van der Waals surface area contributed by atoms with Gasteiger partial charge in [-0.3, -0.25) is 9.78 Å². The van der Waals surface area contributed by atoms with Gasteiger partial charge in [0.25, 0.3) is 5.91 Å². The zero-order valence-electron chi connectivity index (χ0n) is 18.7. The molecule has 166 valence electrons. The molecule has 0 aliphatic carbocycles. The van der Waals surface area contributed by atoms with Crippen molar-refractivity contribution in [1.82, 2.24) is 4.98 Å². The quantitative estimate of drug-likeness (QED) is 0.419. The standard InChI is InChI=1S/C27H24N2O3S/c1-18-13-19(2)15-21(14-18)25-17-23(33(3,31)32)10-11-24(25)27(30)29-22-8-6-7-20(16-22)26-9-4-5-12-28-26/h4-17H,1-3H3,(H,29,30). The summed E-state index contributed by atoms with van der Waals surface area (Å²) in [6.45, 7) is 3.94. The second-order valence-electron chi connectivity index (χ2n) is 8.11. The SMILES string of the molecule is Cc1cc(C)cc(-c2cc(S(C)(=O)=O)ccc2C(=O)Nc2cccc(-c3ccccn3)c2)c1. The van der Waals surface area contributed by atoms with Gasteiger partial charge in [0.2, 0.25) is 0 Å². The molecule has 0 aliphatic rings. The maximum atomic E-state index is 13.3. The van der Waals surface area contributed by atoms with Crippen LogP contribution >= 0.6 is 0 Å². The molecule has 1 N–H and O–H groups in total. The van der Waals surface area contributed by atoms with Crippen LogP contribution in [0.5, 0.6) is 0 Å². The van der Waals surface area contributed by atoms with Crippen molar-refractivity contribution in [2.24, 2.45) is 0 Å². The fourth-order valence-corrected chi connectivity index (χ4v) is 4.46. The first-order valence-corrected chi connectivity index (χ1v) is 12.4. The molecule has 0 saturated heterocycles. The largest absolute Gasteiger partial charge is 0.322 e. The summed E-state index contributed by atoms with van der Waals surface area (Å²) in [6, 6.07) is 23.7. The number of nitrogens with zero attached hydrogens (tertiary/aromatic N) is 1. The average Bonchev–Trinajstić information content (AvgIpc) is 2.78. The summed E-state index contributed by atoms with van der Waals surface area (Å²) >= 11 is 0. The van der Waals surface area contributed by atoms with Gasteiger partial charge >= 0.3 is 0 Å². The van der Waals surface area contributed by atoms with Crippen LogP contribution in [-0.2, 0) is 9.84 Å². The molecule has 1 heterocycles. The first-order chi connectivity index (χ1) is 15.7. The fraction of sp³-hybridized carbons (Fsp3) is 0.111. The Balaban J connectivity index is 1.75. The minimum Gasteiger partial charge on any atom is -0.322 e. The Hall–Kier alpha value is -3.77. The van der Waals surface area contributed by atoms with Crippen molar-refractivity contribution < 1.29 is 13.2 Å². The third-order valence-electron chi connectivity index (χ3n) is 5.28. The lowest BCUT2D eigenvalue weighted by Crippen LogP contribution is -2.14. The van der Waals surface area contributed by atoms with E-state index in [4.69, 9.17) is 0 Å². The van der Waals surface area contributed by atoms with E-state index in [1.54, 1.807) is 18.3 Å². The minimum absolute atomic E-state index is 0.172. The van der Waals surface area contributed by atoms with Crippen LogP contribution in [0.1, 0.15) is 21.5 Å². The summed E-state index contributed by atoms with van der Waals surface area (Å²) in [4.78, 5) is 17.8. The monoisotopic (exact) mass is 456 g/mol. The Kier molecular flexibility index (Phi) is 6.11.